The first-order chi connectivity index (χ1) is 6.77. The molecule has 14 heavy (non-hydrogen) atoms. The highest BCUT2D eigenvalue weighted by molar-refractivity contribution is 6.30. The molecule has 78 valence electrons. The molecule has 1 unspecified atom stereocenters. The zero-order valence-corrected chi connectivity index (χ0v) is 9.98. The molecule has 1 aromatic rings. The summed E-state index contributed by atoms with van der Waals surface area (Å²) in [6.07, 6.45) is 3.63. The fourth-order valence-electron chi connectivity index (χ4n) is 1.52. The molecular weight excluding hydrogens is 215 g/mol. The molecular formula is C12H16Cl2. The summed E-state index contributed by atoms with van der Waals surface area (Å²) in [6.45, 7) is 2.20. The van der Waals surface area contributed by atoms with Gasteiger partial charge in [0.05, 0.1) is 0 Å². The Morgan fingerprint density at radius 3 is 2.36 bits per heavy atom. The minimum Gasteiger partial charge on any atom is -0.126 e. The lowest BCUT2D eigenvalue weighted by Gasteiger charge is -2.13. The molecule has 0 bridgehead atoms. The topological polar surface area (TPSA) is 0 Å². The lowest BCUT2D eigenvalue weighted by molar-refractivity contribution is 0.628. The Morgan fingerprint density at radius 1 is 1.21 bits per heavy atom. The monoisotopic (exact) mass is 230 g/mol. The van der Waals surface area contributed by atoms with Crippen molar-refractivity contribution in [2.24, 2.45) is 0 Å². The Bertz CT molecular complexity index is 254. The van der Waals surface area contributed by atoms with Gasteiger partial charge in [0.25, 0.3) is 0 Å². The van der Waals surface area contributed by atoms with E-state index in [9.17, 15) is 0 Å². The zero-order valence-electron chi connectivity index (χ0n) is 8.47. The van der Waals surface area contributed by atoms with Gasteiger partial charge in [-0.1, -0.05) is 43.5 Å². The molecule has 0 fully saturated rings. The van der Waals surface area contributed by atoms with E-state index in [1.54, 1.807) is 0 Å². The second-order valence-electron chi connectivity index (χ2n) is 3.55. The van der Waals surface area contributed by atoms with Gasteiger partial charge < -0.3 is 0 Å². The molecule has 1 atom stereocenters. The van der Waals surface area contributed by atoms with Crippen LogP contribution in [0.2, 0.25) is 5.02 Å². The Morgan fingerprint density at radius 2 is 1.86 bits per heavy atom. The van der Waals surface area contributed by atoms with Gasteiger partial charge in [-0.15, -0.1) is 11.6 Å². The summed E-state index contributed by atoms with van der Waals surface area (Å²) in [5, 5.41) is 0.789. The predicted octanol–water partition coefficient (Wildman–Crippen LogP) is 4.85. The third-order valence-corrected chi connectivity index (χ3v) is 3.06. The summed E-state index contributed by atoms with van der Waals surface area (Å²) in [4.78, 5) is 0. The van der Waals surface area contributed by atoms with Crippen LogP contribution in [-0.2, 0) is 0 Å². The molecule has 1 rings (SSSR count). The van der Waals surface area contributed by atoms with Gasteiger partial charge in [0.1, 0.15) is 0 Å². The van der Waals surface area contributed by atoms with Crippen molar-refractivity contribution in [3.63, 3.8) is 0 Å². The van der Waals surface area contributed by atoms with E-state index in [0.717, 1.165) is 5.02 Å². The molecule has 0 heterocycles. The average molecular weight is 231 g/mol. The van der Waals surface area contributed by atoms with Gasteiger partial charge in [-0.25, -0.2) is 0 Å². The van der Waals surface area contributed by atoms with Crippen LogP contribution in [0.4, 0.5) is 0 Å². The number of benzene rings is 1. The van der Waals surface area contributed by atoms with Crippen molar-refractivity contribution in [1.82, 2.24) is 0 Å². The van der Waals surface area contributed by atoms with Gasteiger partial charge in [-0.3, -0.25) is 0 Å². The van der Waals surface area contributed by atoms with Crippen LogP contribution in [0, 0.1) is 0 Å². The van der Waals surface area contributed by atoms with E-state index in [0.29, 0.717) is 11.8 Å². The molecule has 2 heteroatoms. The normalized spacial score (nSPS) is 12.8. The van der Waals surface area contributed by atoms with Crippen LogP contribution < -0.4 is 0 Å². The van der Waals surface area contributed by atoms with E-state index in [1.807, 2.05) is 12.1 Å². The van der Waals surface area contributed by atoms with Crippen molar-refractivity contribution in [1.29, 1.82) is 0 Å². The maximum atomic E-state index is 5.94. The van der Waals surface area contributed by atoms with E-state index < -0.39 is 0 Å². The second-order valence-corrected chi connectivity index (χ2v) is 4.29. The number of hydrogen-bond donors (Lipinski definition) is 0. The Hall–Kier alpha value is -0.200. The third kappa shape index (κ3) is 3.51. The fourth-order valence-corrected chi connectivity index (χ4v) is 1.98. The SMILES string of the molecule is CCCCC(CCl)c1ccc(Cl)cc1. The first kappa shape index (κ1) is 11.9. The van der Waals surface area contributed by atoms with Crippen molar-refractivity contribution in [2.45, 2.75) is 32.1 Å². The molecule has 0 saturated heterocycles. The van der Waals surface area contributed by atoms with E-state index >= 15 is 0 Å². The molecule has 0 aromatic heterocycles. The minimum atomic E-state index is 0.480. The molecule has 0 spiro atoms. The summed E-state index contributed by atoms with van der Waals surface area (Å²) < 4.78 is 0. The Kier molecular flexibility index (Phi) is 5.36. The first-order valence-electron chi connectivity index (χ1n) is 5.09. The number of hydrogen-bond acceptors (Lipinski definition) is 0. The largest absolute Gasteiger partial charge is 0.126 e. The van der Waals surface area contributed by atoms with Crippen molar-refractivity contribution >= 4 is 23.2 Å². The molecule has 0 aliphatic rings. The van der Waals surface area contributed by atoms with E-state index in [2.05, 4.69) is 19.1 Å². The number of alkyl halides is 1. The zero-order chi connectivity index (χ0) is 10.4. The van der Waals surface area contributed by atoms with Crippen molar-refractivity contribution < 1.29 is 0 Å². The van der Waals surface area contributed by atoms with Gasteiger partial charge in [-0.05, 0) is 30.0 Å². The summed E-state index contributed by atoms with van der Waals surface area (Å²) >= 11 is 11.8. The van der Waals surface area contributed by atoms with E-state index in [1.165, 1.54) is 24.8 Å². The number of halogens is 2. The predicted molar refractivity (Wildman–Crippen MR) is 64.4 cm³/mol. The van der Waals surface area contributed by atoms with Gasteiger partial charge in [0, 0.05) is 10.9 Å². The second kappa shape index (κ2) is 6.31. The van der Waals surface area contributed by atoms with Crippen molar-refractivity contribution in [3.8, 4) is 0 Å². The fraction of sp³-hybridized carbons (Fsp3) is 0.500. The molecule has 1 aromatic carbocycles. The quantitative estimate of drug-likeness (QED) is 0.635. The van der Waals surface area contributed by atoms with Gasteiger partial charge in [-0.2, -0.15) is 0 Å². The minimum absolute atomic E-state index is 0.480. The molecule has 0 amide bonds. The third-order valence-electron chi connectivity index (χ3n) is 2.43. The lowest BCUT2D eigenvalue weighted by atomic mass is 9.95. The van der Waals surface area contributed by atoms with Crippen LogP contribution in [0.5, 0.6) is 0 Å². The molecule has 0 aliphatic carbocycles. The molecule has 0 N–H and O–H groups in total. The Balaban J connectivity index is 2.64. The van der Waals surface area contributed by atoms with Gasteiger partial charge in [0.2, 0.25) is 0 Å². The average Bonchev–Trinajstić information content (AvgIpc) is 2.21. The maximum Gasteiger partial charge on any atom is 0.0406 e. The van der Waals surface area contributed by atoms with Crippen LogP contribution in [-0.4, -0.2) is 5.88 Å². The highest BCUT2D eigenvalue weighted by atomic mass is 35.5. The van der Waals surface area contributed by atoms with Crippen LogP contribution in [0.25, 0.3) is 0 Å². The van der Waals surface area contributed by atoms with Crippen molar-refractivity contribution in [3.05, 3.63) is 34.9 Å². The summed E-state index contributed by atoms with van der Waals surface area (Å²) in [5.41, 5.74) is 1.30. The van der Waals surface area contributed by atoms with Gasteiger partial charge in [0.15, 0.2) is 0 Å². The lowest BCUT2D eigenvalue weighted by Crippen LogP contribution is -2.00. The summed E-state index contributed by atoms with van der Waals surface area (Å²) in [7, 11) is 0. The molecule has 0 nitrogen and oxygen atoms in total. The Labute approximate surface area is 96.2 Å². The van der Waals surface area contributed by atoms with Gasteiger partial charge >= 0.3 is 0 Å². The first-order valence-corrected chi connectivity index (χ1v) is 6.00. The van der Waals surface area contributed by atoms with E-state index in [-0.39, 0.29) is 0 Å². The standard InChI is InChI=1S/C12H16Cl2/c1-2-3-4-11(9-13)10-5-7-12(14)8-6-10/h5-8,11H,2-4,9H2,1H3. The number of rotatable bonds is 5. The van der Waals surface area contributed by atoms with Crippen LogP contribution in [0.3, 0.4) is 0 Å². The smallest absolute Gasteiger partial charge is 0.0406 e. The summed E-state index contributed by atoms with van der Waals surface area (Å²) in [5.74, 6) is 1.18. The highest BCUT2D eigenvalue weighted by Crippen LogP contribution is 2.24. The number of unbranched alkanes of at least 4 members (excludes halogenated alkanes) is 1. The van der Waals surface area contributed by atoms with Crippen LogP contribution in [0.1, 0.15) is 37.7 Å². The van der Waals surface area contributed by atoms with Crippen LogP contribution >= 0.6 is 23.2 Å². The molecule has 0 aliphatic heterocycles. The summed E-state index contributed by atoms with van der Waals surface area (Å²) in [6, 6.07) is 8.01. The van der Waals surface area contributed by atoms with E-state index in [4.69, 9.17) is 23.2 Å². The molecule has 0 radical (unpaired) electrons. The van der Waals surface area contributed by atoms with Crippen LogP contribution in [0.15, 0.2) is 24.3 Å². The maximum absolute atomic E-state index is 5.94. The van der Waals surface area contributed by atoms with Crippen molar-refractivity contribution in [2.75, 3.05) is 5.88 Å². The molecule has 0 saturated carbocycles. The highest BCUT2D eigenvalue weighted by Gasteiger charge is 2.08.